The van der Waals surface area contributed by atoms with Gasteiger partial charge in [-0.1, -0.05) is 23.9 Å². The Labute approximate surface area is 157 Å². The van der Waals surface area contributed by atoms with Crippen molar-refractivity contribution in [1.29, 1.82) is 0 Å². The lowest BCUT2D eigenvalue weighted by Gasteiger charge is -2.09. The summed E-state index contributed by atoms with van der Waals surface area (Å²) in [5, 5.41) is 12.5. The number of carbonyl (C=O) groups is 1. The van der Waals surface area contributed by atoms with Crippen LogP contribution >= 0.6 is 11.8 Å². The van der Waals surface area contributed by atoms with Crippen LogP contribution in [0.1, 0.15) is 49.0 Å². The Morgan fingerprint density at radius 1 is 1.31 bits per heavy atom. The van der Waals surface area contributed by atoms with Crippen LogP contribution in [0.25, 0.3) is 0 Å². The van der Waals surface area contributed by atoms with Gasteiger partial charge < -0.3 is 14.6 Å². The molecule has 0 atom stereocenters. The second kappa shape index (κ2) is 7.70. The van der Waals surface area contributed by atoms with Gasteiger partial charge in [-0.05, 0) is 50.3 Å². The average Bonchev–Trinajstić information content (AvgIpc) is 3.56. The highest BCUT2D eigenvalue weighted by molar-refractivity contribution is 7.99. The van der Waals surface area contributed by atoms with Crippen molar-refractivity contribution in [3.05, 3.63) is 35.7 Å². The largest absolute Gasteiger partial charge is 0.492 e. The highest BCUT2D eigenvalue weighted by Gasteiger charge is 2.36. The van der Waals surface area contributed by atoms with E-state index < -0.39 is 0 Å². The number of nitrogens with zero attached hydrogens (tertiary/aromatic N) is 3. The van der Waals surface area contributed by atoms with Crippen LogP contribution in [0.4, 0.5) is 0 Å². The third-order valence-corrected chi connectivity index (χ3v) is 5.50. The molecule has 2 saturated carbocycles. The normalized spacial score (nSPS) is 16.5. The van der Waals surface area contributed by atoms with Crippen molar-refractivity contribution in [2.45, 2.75) is 49.7 Å². The fourth-order valence-corrected chi connectivity index (χ4v) is 3.77. The third-order valence-electron chi connectivity index (χ3n) is 4.56. The number of hydrogen-bond acceptors (Lipinski definition) is 5. The molecule has 0 unspecified atom stereocenters. The molecule has 2 aliphatic rings. The van der Waals surface area contributed by atoms with Gasteiger partial charge >= 0.3 is 0 Å². The van der Waals surface area contributed by atoms with Crippen LogP contribution in [-0.4, -0.2) is 39.6 Å². The zero-order valence-electron chi connectivity index (χ0n) is 15.0. The average molecular weight is 372 g/mol. The maximum absolute atomic E-state index is 12.1. The molecule has 2 fully saturated rings. The summed E-state index contributed by atoms with van der Waals surface area (Å²) in [5.74, 6) is 2.91. The minimum absolute atomic E-state index is 0.00108. The minimum atomic E-state index is 0.00108. The van der Waals surface area contributed by atoms with E-state index in [2.05, 4.69) is 20.1 Å². The van der Waals surface area contributed by atoms with E-state index in [0.29, 0.717) is 30.9 Å². The molecule has 4 rings (SSSR count). The fourth-order valence-electron chi connectivity index (χ4n) is 2.93. The Bertz CT molecular complexity index is 784. The van der Waals surface area contributed by atoms with Gasteiger partial charge in [0.05, 0.1) is 12.3 Å². The number of hydrogen-bond donors (Lipinski definition) is 1. The van der Waals surface area contributed by atoms with Crippen LogP contribution in [0.2, 0.25) is 0 Å². The van der Waals surface area contributed by atoms with Crippen molar-refractivity contribution in [1.82, 2.24) is 20.1 Å². The summed E-state index contributed by atoms with van der Waals surface area (Å²) in [6.45, 7) is 2.99. The van der Waals surface area contributed by atoms with E-state index in [-0.39, 0.29) is 5.91 Å². The van der Waals surface area contributed by atoms with Crippen LogP contribution in [0, 0.1) is 6.92 Å². The first-order valence-electron chi connectivity index (χ1n) is 9.24. The maximum Gasteiger partial charge on any atom is 0.230 e. The number of rotatable bonds is 9. The topological polar surface area (TPSA) is 69.0 Å². The molecule has 1 aromatic heterocycles. The number of nitrogens with one attached hydrogen (secondary N) is 1. The minimum Gasteiger partial charge on any atom is -0.492 e. The van der Waals surface area contributed by atoms with Crippen LogP contribution in [0.3, 0.4) is 0 Å². The molecule has 0 radical (unpaired) electrons. The van der Waals surface area contributed by atoms with E-state index in [1.807, 2.05) is 31.2 Å². The summed E-state index contributed by atoms with van der Waals surface area (Å²) in [5.41, 5.74) is 1.16. The lowest BCUT2D eigenvalue weighted by molar-refractivity contribution is -0.118. The number of thioether (sulfide) groups is 1. The van der Waals surface area contributed by atoms with Gasteiger partial charge in [-0.25, -0.2) is 0 Å². The molecular weight excluding hydrogens is 348 g/mol. The Balaban J connectivity index is 1.21. The molecule has 6 nitrogen and oxygen atoms in total. The number of carbonyl (C=O) groups excluding carboxylic acids is 1. The van der Waals surface area contributed by atoms with E-state index in [0.717, 1.165) is 22.3 Å². The Kier molecular flexibility index (Phi) is 5.15. The van der Waals surface area contributed by atoms with Gasteiger partial charge in [-0.15, -0.1) is 10.2 Å². The molecule has 1 N–H and O–H groups in total. The van der Waals surface area contributed by atoms with E-state index in [9.17, 15) is 4.79 Å². The molecule has 26 heavy (non-hydrogen) atoms. The molecule has 1 amide bonds. The standard InChI is InChI=1S/C19H24N4O2S/c1-13-3-2-4-16(11-13)25-10-9-20-17(24)12-26-19-22-21-18(14-5-6-14)23(19)15-7-8-15/h2-4,11,14-15H,5-10,12H2,1H3,(H,20,24). The molecule has 0 saturated heterocycles. The van der Waals surface area contributed by atoms with Gasteiger partial charge in [0.25, 0.3) is 0 Å². The first kappa shape index (κ1) is 17.4. The molecule has 2 aliphatic carbocycles. The number of aryl methyl sites for hydroxylation is 1. The monoisotopic (exact) mass is 372 g/mol. The molecule has 0 bridgehead atoms. The van der Waals surface area contributed by atoms with Crippen LogP contribution in [0.5, 0.6) is 5.75 Å². The van der Waals surface area contributed by atoms with E-state index >= 15 is 0 Å². The maximum atomic E-state index is 12.1. The summed E-state index contributed by atoms with van der Waals surface area (Å²) in [6, 6.07) is 8.45. The number of benzene rings is 1. The summed E-state index contributed by atoms with van der Waals surface area (Å²) in [4.78, 5) is 12.1. The predicted molar refractivity (Wildman–Crippen MR) is 101 cm³/mol. The van der Waals surface area contributed by atoms with Gasteiger partial charge in [0.2, 0.25) is 5.91 Å². The number of aromatic nitrogens is 3. The van der Waals surface area contributed by atoms with Gasteiger partial charge in [0.1, 0.15) is 18.2 Å². The Hall–Kier alpha value is -2.02. The third kappa shape index (κ3) is 4.38. The molecule has 0 aliphatic heterocycles. The van der Waals surface area contributed by atoms with Gasteiger partial charge in [0, 0.05) is 12.0 Å². The Morgan fingerprint density at radius 3 is 2.88 bits per heavy atom. The van der Waals surface area contributed by atoms with Crippen LogP contribution in [0.15, 0.2) is 29.4 Å². The Morgan fingerprint density at radius 2 is 2.15 bits per heavy atom. The molecule has 1 aromatic carbocycles. The van der Waals surface area contributed by atoms with E-state index in [1.165, 1.54) is 37.4 Å². The van der Waals surface area contributed by atoms with Gasteiger partial charge in [-0.2, -0.15) is 0 Å². The smallest absolute Gasteiger partial charge is 0.230 e. The first-order chi connectivity index (χ1) is 12.7. The molecule has 2 aromatic rings. The summed E-state index contributed by atoms with van der Waals surface area (Å²) in [7, 11) is 0. The van der Waals surface area contributed by atoms with Crippen molar-refractivity contribution < 1.29 is 9.53 Å². The SMILES string of the molecule is Cc1cccc(OCCNC(=O)CSc2nnc(C3CC3)n2C2CC2)c1. The molecule has 0 spiro atoms. The summed E-state index contributed by atoms with van der Waals surface area (Å²) >= 11 is 1.48. The van der Waals surface area contributed by atoms with Crippen LogP contribution in [-0.2, 0) is 4.79 Å². The number of amides is 1. The lowest BCUT2D eigenvalue weighted by atomic mass is 10.2. The van der Waals surface area contributed by atoms with Gasteiger partial charge in [-0.3, -0.25) is 4.79 Å². The molecule has 1 heterocycles. The zero-order chi connectivity index (χ0) is 17.9. The molecule has 138 valence electrons. The first-order valence-corrected chi connectivity index (χ1v) is 10.2. The molecule has 7 heteroatoms. The quantitative estimate of drug-likeness (QED) is 0.541. The highest BCUT2D eigenvalue weighted by Crippen LogP contribution is 2.45. The second-order valence-electron chi connectivity index (χ2n) is 7.02. The molecular formula is C19H24N4O2S. The summed E-state index contributed by atoms with van der Waals surface area (Å²) < 4.78 is 7.92. The van der Waals surface area contributed by atoms with Gasteiger partial charge in [0.15, 0.2) is 5.16 Å². The predicted octanol–water partition coefficient (Wildman–Crippen LogP) is 3.09. The van der Waals surface area contributed by atoms with E-state index in [4.69, 9.17) is 4.74 Å². The van der Waals surface area contributed by atoms with Crippen LogP contribution < -0.4 is 10.1 Å². The number of ether oxygens (including phenoxy) is 1. The lowest BCUT2D eigenvalue weighted by Crippen LogP contribution is -2.29. The van der Waals surface area contributed by atoms with Crippen molar-refractivity contribution in [3.8, 4) is 5.75 Å². The fraction of sp³-hybridized carbons (Fsp3) is 0.526. The van der Waals surface area contributed by atoms with Crippen molar-refractivity contribution >= 4 is 17.7 Å². The van der Waals surface area contributed by atoms with Crippen molar-refractivity contribution in [2.75, 3.05) is 18.9 Å². The summed E-state index contributed by atoms with van der Waals surface area (Å²) in [6.07, 6.45) is 4.84. The zero-order valence-corrected chi connectivity index (χ0v) is 15.8. The van der Waals surface area contributed by atoms with Crippen molar-refractivity contribution in [3.63, 3.8) is 0 Å². The van der Waals surface area contributed by atoms with Crippen molar-refractivity contribution in [2.24, 2.45) is 0 Å². The second-order valence-corrected chi connectivity index (χ2v) is 7.96. The van der Waals surface area contributed by atoms with E-state index in [1.54, 1.807) is 0 Å². The highest BCUT2D eigenvalue weighted by atomic mass is 32.2.